The first-order valence-electron chi connectivity index (χ1n) is 6.81. The van der Waals surface area contributed by atoms with Crippen LogP contribution in [0.3, 0.4) is 0 Å². The fourth-order valence-corrected chi connectivity index (χ4v) is 2.46. The maximum atomic E-state index is 13.3. The standard InChI is InChI=1S/C16H14F3N3/c17-12-3-1-2-11(8-12)15-9-22(20)16(21-15)7-10-4-5-13(18)14(19)6-10/h1-6,8,15H,7,9,20H2. The van der Waals surface area contributed by atoms with Crippen molar-refractivity contribution < 1.29 is 13.2 Å². The molecule has 0 amide bonds. The van der Waals surface area contributed by atoms with Gasteiger partial charge in [0.15, 0.2) is 11.6 Å². The number of amidine groups is 1. The second kappa shape index (κ2) is 5.81. The number of benzene rings is 2. The molecule has 3 rings (SSSR count). The van der Waals surface area contributed by atoms with E-state index < -0.39 is 11.6 Å². The monoisotopic (exact) mass is 305 g/mol. The van der Waals surface area contributed by atoms with Crippen LogP contribution in [0.4, 0.5) is 13.2 Å². The van der Waals surface area contributed by atoms with Crippen LogP contribution >= 0.6 is 0 Å². The van der Waals surface area contributed by atoms with Gasteiger partial charge in [0.25, 0.3) is 0 Å². The molecular formula is C16H14F3N3. The average molecular weight is 305 g/mol. The average Bonchev–Trinajstić information content (AvgIpc) is 2.84. The van der Waals surface area contributed by atoms with Gasteiger partial charge in [0.05, 0.1) is 12.6 Å². The van der Waals surface area contributed by atoms with Crippen molar-refractivity contribution in [2.24, 2.45) is 10.8 Å². The predicted molar refractivity (Wildman–Crippen MR) is 77.5 cm³/mol. The molecule has 114 valence electrons. The molecule has 0 aliphatic carbocycles. The van der Waals surface area contributed by atoms with Crippen molar-refractivity contribution in [3.05, 3.63) is 71.0 Å². The molecule has 2 aromatic rings. The number of hydrogen-bond acceptors (Lipinski definition) is 3. The molecule has 2 aromatic carbocycles. The van der Waals surface area contributed by atoms with Gasteiger partial charge >= 0.3 is 0 Å². The molecule has 1 heterocycles. The summed E-state index contributed by atoms with van der Waals surface area (Å²) in [6, 6.07) is 9.62. The molecular weight excluding hydrogens is 291 g/mol. The van der Waals surface area contributed by atoms with Gasteiger partial charge in [0, 0.05) is 6.42 Å². The molecule has 0 saturated carbocycles. The van der Waals surface area contributed by atoms with Crippen molar-refractivity contribution in [1.29, 1.82) is 0 Å². The Hall–Kier alpha value is -2.34. The molecule has 3 nitrogen and oxygen atoms in total. The summed E-state index contributed by atoms with van der Waals surface area (Å²) in [4.78, 5) is 4.46. The van der Waals surface area contributed by atoms with Crippen LogP contribution in [-0.2, 0) is 6.42 Å². The van der Waals surface area contributed by atoms with Crippen molar-refractivity contribution >= 4 is 5.84 Å². The Morgan fingerprint density at radius 1 is 1.09 bits per heavy atom. The molecule has 0 radical (unpaired) electrons. The fourth-order valence-electron chi connectivity index (χ4n) is 2.46. The van der Waals surface area contributed by atoms with Crippen molar-refractivity contribution in [2.75, 3.05) is 6.54 Å². The molecule has 1 unspecified atom stereocenters. The normalized spacial score (nSPS) is 17.7. The lowest BCUT2D eigenvalue weighted by molar-refractivity contribution is 0.442. The van der Waals surface area contributed by atoms with Crippen LogP contribution in [0.1, 0.15) is 17.2 Å². The van der Waals surface area contributed by atoms with Crippen LogP contribution in [0, 0.1) is 17.5 Å². The van der Waals surface area contributed by atoms with E-state index in [1.165, 1.54) is 23.2 Å². The van der Waals surface area contributed by atoms with Gasteiger partial charge < -0.3 is 0 Å². The van der Waals surface area contributed by atoms with E-state index in [1.54, 1.807) is 12.1 Å². The largest absolute Gasteiger partial charge is 0.296 e. The van der Waals surface area contributed by atoms with E-state index >= 15 is 0 Å². The summed E-state index contributed by atoms with van der Waals surface area (Å²) in [6.45, 7) is 0.419. The maximum Gasteiger partial charge on any atom is 0.159 e. The van der Waals surface area contributed by atoms with Gasteiger partial charge in [-0.25, -0.2) is 19.0 Å². The third-order valence-corrected chi connectivity index (χ3v) is 3.59. The minimum Gasteiger partial charge on any atom is -0.296 e. The molecule has 0 aromatic heterocycles. The minimum absolute atomic E-state index is 0.263. The maximum absolute atomic E-state index is 13.3. The summed E-state index contributed by atoms with van der Waals surface area (Å²) in [6.07, 6.45) is 0.291. The van der Waals surface area contributed by atoms with E-state index in [2.05, 4.69) is 4.99 Å². The Morgan fingerprint density at radius 3 is 2.64 bits per heavy atom. The number of hydrazine groups is 1. The van der Waals surface area contributed by atoms with Crippen molar-refractivity contribution in [3.63, 3.8) is 0 Å². The zero-order chi connectivity index (χ0) is 15.7. The van der Waals surface area contributed by atoms with Gasteiger partial charge in [0.1, 0.15) is 11.7 Å². The van der Waals surface area contributed by atoms with Crippen LogP contribution in [0.2, 0.25) is 0 Å². The zero-order valence-corrected chi connectivity index (χ0v) is 11.6. The SMILES string of the molecule is NN1CC(c2cccc(F)c2)N=C1Cc1ccc(F)c(F)c1. The van der Waals surface area contributed by atoms with E-state index in [9.17, 15) is 13.2 Å². The van der Waals surface area contributed by atoms with Gasteiger partial charge in [-0.2, -0.15) is 0 Å². The van der Waals surface area contributed by atoms with E-state index in [-0.39, 0.29) is 11.9 Å². The zero-order valence-electron chi connectivity index (χ0n) is 11.6. The summed E-state index contributed by atoms with van der Waals surface area (Å²) in [5, 5.41) is 1.46. The summed E-state index contributed by atoms with van der Waals surface area (Å²) >= 11 is 0. The Bertz CT molecular complexity index is 730. The highest BCUT2D eigenvalue weighted by Gasteiger charge is 2.24. The lowest BCUT2D eigenvalue weighted by Gasteiger charge is -2.14. The second-order valence-electron chi connectivity index (χ2n) is 5.19. The summed E-state index contributed by atoms with van der Waals surface area (Å²) in [5.74, 6) is 4.34. The summed E-state index contributed by atoms with van der Waals surface area (Å²) < 4.78 is 39.4. The van der Waals surface area contributed by atoms with E-state index in [0.29, 0.717) is 24.4 Å². The van der Waals surface area contributed by atoms with E-state index in [0.717, 1.165) is 17.7 Å². The Kier molecular flexibility index (Phi) is 3.85. The quantitative estimate of drug-likeness (QED) is 0.886. The summed E-state index contributed by atoms with van der Waals surface area (Å²) in [5.41, 5.74) is 1.31. The van der Waals surface area contributed by atoms with Crippen molar-refractivity contribution in [3.8, 4) is 0 Å². The Balaban J connectivity index is 1.81. The minimum atomic E-state index is -0.902. The molecule has 0 saturated heterocycles. The Labute approximate surface area is 125 Å². The third-order valence-electron chi connectivity index (χ3n) is 3.59. The number of rotatable bonds is 3. The first kappa shape index (κ1) is 14.6. The number of halogens is 3. The lowest BCUT2D eigenvalue weighted by atomic mass is 10.1. The van der Waals surface area contributed by atoms with Crippen molar-refractivity contribution in [1.82, 2.24) is 5.01 Å². The molecule has 1 aliphatic heterocycles. The van der Waals surface area contributed by atoms with Crippen LogP contribution in [-0.4, -0.2) is 17.4 Å². The molecule has 1 aliphatic rings. The van der Waals surface area contributed by atoms with Gasteiger partial charge in [-0.05, 0) is 35.4 Å². The number of aliphatic imine (C=N–C) groups is 1. The number of nitrogens with two attached hydrogens (primary N) is 1. The van der Waals surface area contributed by atoms with Crippen LogP contribution in [0.5, 0.6) is 0 Å². The fraction of sp³-hybridized carbons (Fsp3) is 0.188. The van der Waals surface area contributed by atoms with Crippen LogP contribution in [0.15, 0.2) is 47.5 Å². The highest BCUT2D eigenvalue weighted by molar-refractivity contribution is 5.85. The Morgan fingerprint density at radius 2 is 1.91 bits per heavy atom. The number of nitrogens with zero attached hydrogens (tertiary/aromatic N) is 2. The second-order valence-corrected chi connectivity index (χ2v) is 5.19. The van der Waals surface area contributed by atoms with E-state index in [4.69, 9.17) is 5.84 Å². The van der Waals surface area contributed by atoms with Crippen molar-refractivity contribution in [2.45, 2.75) is 12.5 Å². The van der Waals surface area contributed by atoms with Gasteiger partial charge in [-0.3, -0.25) is 10.0 Å². The topological polar surface area (TPSA) is 41.6 Å². The first-order valence-corrected chi connectivity index (χ1v) is 6.81. The smallest absolute Gasteiger partial charge is 0.159 e. The van der Waals surface area contributed by atoms with Crippen LogP contribution < -0.4 is 5.84 Å². The molecule has 0 fully saturated rings. The van der Waals surface area contributed by atoms with Gasteiger partial charge in [-0.1, -0.05) is 18.2 Å². The van der Waals surface area contributed by atoms with E-state index in [1.807, 2.05) is 0 Å². The predicted octanol–water partition coefficient (Wildman–Crippen LogP) is 2.98. The number of hydrogen-bond donors (Lipinski definition) is 1. The molecule has 0 spiro atoms. The van der Waals surface area contributed by atoms with Gasteiger partial charge in [0.2, 0.25) is 0 Å². The molecule has 6 heteroatoms. The highest BCUT2D eigenvalue weighted by Crippen LogP contribution is 2.25. The first-order chi connectivity index (χ1) is 10.5. The lowest BCUT2D eigenvalue weighted by Crippen LogP contribution is -2.35. The van der Waals surface area contributed by atoms with Gasteiger partial charge in [-0.15, -0.1) is 0 Å². The summed E-state index contributed by atoms with van der Waals surface area (Å²) in [7, 11) is 0. The molecule has 22 heavy (non-hydrogen) atoms. The van der Waals surface area contributed by atoms with Crippen LogP contribution in [0.25, 0.3) is 0 Å². The molecule has 1 atom stereocenters. The highest BCUT2D eigenvalue weighted by atomic mass is 19.2. The molecule has 0 bridgehead atoms. The third kappa shape index (κ3) is 2.96. The molecule has 2 N–H and O–H groups in total.